The van der Waals surface area contributed by atoms with Crippen LogP contribution >= 0.6 is 0 Å². The van der Waals surface area contributed by atoms with Gasteiger partial charge in [-0.3, -0.25) is 14.5 Å². The molecule has 0 bridgehead atoms. The van der Waals surface area contributed by atoms with Gasteiger partial charge in [0.15, 0.2) is 0 Å². The molecule has 2 amide bonds. The van der Waals surface area contributed by atoms with Crippen LogP contribution in [0.4, 0.5) is 4.79 Å². The second-order valence-corrected chi connectivity index (χ2v) is 9.72. The highest BCUT2D eigenvalue weighted by atomic mass is 16.6. The summed E-state index contributed by atoms with van der Waals surface area (Å²) in [6.07, 6.45) is -0.941. The Balaban J connectivity index is 1.27. The molecule has 5 rings (SSSR count). The van der Waals surface area contributed by atoms with Crippen molar-refractivity contribution in [1.29, 1.82) is 0 Å². The lowest BCUT2D eigenvalue weighted by molar-refractivity contribution is -0.151. The van der Waals surface area contributed by atoms with Gasteiger partial charge in [-0.1, -0.05) is 78.9 Å². The highest BCUT2D eigenvalue weighted by molar-refractivity contribution is 5.89. The van der Waals surface area contributed by atoms with Gasteiger partial charge in [-0.25, -0.2) is 4.79 Å². The first-order valence-electron chi connectivity index (χ1n) is 13.2. The Morgan fingerprint density at radius 2 is 1.46 bits per heavy atom. The number of esters is 1. The van der Waals surface area contributed by atoms with Gasteiger partial charge in [-0.2, -0.15) is 0 Å². The monoisotopic (exact) mass is 528 g/mol. The Morgan fingerprint density at radius 1 is 0.872 bits per heavy atom. The van der Waals surface area contributed by atoms with Crippen LogP contribution < -0.4 is 0 Å². The van der Waals surface area contributed by atoms with Crippen LogP contribution in [0.25, 0.3) is 11.1 Å². The summed E-state index contributed by atoms with van der Waals surface area (Å²) < 4.78 is 16.6. The van der Waals surface area contributed by atoms with Gasteiger partial charge in [-0.05, 0) is 27.8 Å². The van der Waals surface area contributed by atoms with E-state index in [9.17, 15) is 14.4 Å². The number of hydrogen-bond acceptors (Lipinski definition) is 6. The molecule has 1 fully saturated rings. The van der Waals surface area contributed by atoms with Crippen LogP contribution in [-0.4, -0.2) is 73.8 Å². The first-order chi connectivity index (χ1) is 19.0. The van der Waals surface area contributed by atoms with Gasteiger partial charge in [0.05, 0.1) is 19.6 Å². The minimum atomic E-state index is -1.05. The van der Waals surface area contributed by atoms with Crippen LogP contribution in [0, 0.1) is 0 Å². The van der Waals surface area contributed by atoms with Crippen molar-refractivity contribution in [2.45, 2.75) is 25.0 Å². The van der Waals surface area contributed by atoms with E-state index >= 15 is 0 Å². The third-order valence-electron chi connectivity index (χ3n) is 7.30. The number of ether oxygens (including phenoxy) is 3. The van der Waals surface area contributed by atoms with E-state index in [1.165, 1.54) is 11.9 Å². The zero-order valence-electron chi connectivity index (χ0n) is 22.0. The first kappa shape index (κ1) is 26.4. The fourth-order valence-electron chi connectivity index (χ4n) is 5.16. The van der Waals surface area contributed by atoms with Crippen molar-refractivity contribution in [3.63, 3.8) is 0 Å². The van der Waals surface area contributed by atoms with E-state index in [2.05, 4.69) is 12.1 Å². The fourth-order valence-corrected chi connectivity index (χ4v) is 5.16. The predicted molar refractivity (Wildman–Crippen MR) is 145 cm³/mol. The molecule has 0 N–H and O–H groups in total. The van der Waals surface area contributed by atoms with E-state index in [0.29, 0.717) is 26.3 Å². The molecule has 39 heavy (non-hydrogen) atoms. The molecule has 1 unspecified atom stereocenters. The molecule has 0 radical (unpaired) electrons. The number of carbonyl (C=O) groups excluding carboxylic acids is 3. The minimum absolute atomic E-state index is 0.0901. The molecular formula is C31H32N2O6. The molecule has 0 aromatic heterocycles. The van der Waals surface area contributed by atoms with Gasteiger partial charge in [0.2, 0.25) is 5.91 Å². The molecule has 0 saturated carbocycles. The van der Waals surface area contributed by atoms with Crippen molar-refractivity contribution >= 4 is 18.0 Å². The summed E-state index contributed by atoms with van der Waals surface area (Å²) in [6.45, 7) is 1.82. The number of amides is 2. The van der Waals surface area contributed by atoms with Crippen molar-refractivity contribution in [3.05, 3.63) is 95.6 Å². The van der Waals surface area contributed by atoms with E-state index < -0.39 is 18.1 Å². The standard InChI is InChI=1S/C31H32N2O6/c1-32(31(36)39-21-27-25-13-7-5-11-23(25)24-12-6-8-14-26(24)27)28(30(35)33-15-17-37-18-16-33)19-29(34)38-20-22-9-3-2-4-10-22/h2-14,27-28H,15-21H2,1H3. The van der Waals surface area contributed by atoms with Gasteiger partial charge in [-0.15, -0.1) is 0 Å². The normalized spacial score (nSPS) is 15.2. The van der Waals surface area contributed by atoms with Crippen LogP contribution in [0.15, 0.2) is 78.9 Å². The summed E-state index contributed by atoms with van der Waals surface area (Å²) in [7, 11) is 1.49. The SMILES string of the molecule is CN(C(=O)OCC1c2ccccc2-c2ccccc21)C(CC(=O)OCc1ccccc1)C(=O)N1CCOCC1. The quantitative estimate of drug-likeness (QED) is 0.407. The Morgan fingerprint density at radius 3 is 2.10 bits per heavy atom. The van der Waals surface area contributed by atoms with Gasteiger partial charge in [0.1, 0.15) is 19.3 Å². The fraction of sp³-hybridized carbons (Fsp3) is 0.323. The summed E-state index contributed by atoms with van der Waals surface area (Å²) in [5.74, 6) is -1.01. The highest BCUT2D eigenvalue weighted by Gasteiger charge is 2.36. The van der Waals surface area contributed by atoms with Crippen LogP contribution in [0.2, 0.25) is 0 Å². The largest absolute Gasteiger partial charge is 0.461 e. The topological polar surface area (TPSA) is 85.4 Å². The maximum atomic E-state index is 13.5. The van der Waals surface area contributed by atoms with Crippen LogP contribution in [-0.2, 0) is 30.4 Å². The van der Waals surface area contributed by atoms with Gasteiger partial charge in [0.25, 0.3) is 0 Å². The van der Waals surface area contributed by atoms with Gasteiger partial charge >= 0.3 is 12.1 Å². The lowest BCUT2D eigenvalue weighted by atomic mass is 9.98. The molecule has 1 heterocycles. The molecule has 202 valence electrons. The molecule has 1 saturated heterocycles. The van der Waals surface area contributed by atoms with Crippen molar-refractivity contribution in [2.24, 2.45) is 0 Å². The molecule has 2 aliphatic rings. The molecule has 0 spiro atoms. The third-order valence-corrected chi connectivity index (χ3v) is 7.30. The predicted octanol–water partition coefficient (Wildman–Crippen LogP) is 4.23. The lowest BCUT2D eigenvalue weighted by Crippen LogP contribution is -2.53. The zero-order chi connectivity index (χ0) is 27.2. The van der Waals surface area contributed by atoms with Crippen molar-refractivity contribution in [3.8, 4) is 11.1 Å². The number of rotatable bonds is 8. The smallest absolute Gasteiger partial charge is 0.410 e. The molecule has 1 atom stereocenters. The molecule has 1 aliphatic heterocycles. The minimum Gasteiger partial charge on any atom is -0.461 e. The molecule has 8 heteroatoms. The Hall–Kier alpha value is -4.17. The summed E-state index contributed by atoms with van der Waals surface area (Å²) >= 11 is 0. The maximum Gasteiger partial charge on any atom is 0.410 e. The highest BCUT2D eigenvalue weighted by Crippen LogP contribution is 2.44. The van der Waals surface area contributed by atoms with E-state index in [-0.39, 0.29) is 31.5 Å². The molecule has 3 aromatic carbocycles. The average molecular weight is 529 g/mol. The van der Waals surface area contributed by atoms with E-state index in [1.807, 2.05) is 66.7 Å². The summed E-state index contributed by atoms with van der Waals surface area (Å²) in [5, 5.41) is 0. The second kappa shape index (κ2) is 12.1. The van der Waals surface area contributed by atoms with Crippen molar-refractivity contribution in [1.82, 2.24) is 9.80 Å². The van der Waals surface area contributed by atoms with E-state index in [4.69, 9.17) is 14.2 Å². The zero-order valence-corrected chi connectivity index (χ0v) is 22.0. The number of fused-ring (bicyclic) bond motifs is 3. The number of morpholine rings is 1. The number of likely N-dealkylation sites (N-methyl/N-ethyl adjacent to an activating group) is 1. The van der Waals surface area contributed by atoms with Crippen LogP contribution in [0.5, 0.6) is 0 Å². The van der Waals surface area contributed by atoms with Crippen molar-refractivity contribution < 1.29 is 28.6 Å². The molecule has 8 nitrogen and oxygen atoms in total. The lowest BCUT2D eigenvalue weighted by Gasteiger charge is -2.33. The molecular weight excluding hydrogens is 496 g/mol. The number of carbonyl (C=O) groups is 3. The summed E-state index contributed by atoms with van der Waals surface area (Å²) in [5.41, 5.74) is 5.29. The Labute approximate surface area is 228 Å². The molecule has 1 aliphatic carbocycles. The summed E-state index contributed by atoms with van der Waals surface area (Å²) in [4.78, 5) is 42.3. The van der Waals surface area contributed by atoms with Gasteiger partial charge < -0.3 is 19.1 Å². The second-order valence-electron chi connectivity index (χ2n) is 9.72. The van der Waals surface area contributed by atoms with Crippen molar-refractivity contribution in [2.75, 3.05) is 40.0 Å². The number of hydrogen-bond donors (Lipinski definition) is 0. The maximum absolute atomic E-state index is 13.5. The van der Waals surface area contributed by atoms with E-state index in [0.717, 1.165) is 27.8 Å². The third kappa shape index (κ3) is 5.96. The number of benzene rings is 3. The Bertz CT molecular complexity index is 1280. The van der Waals surface area contributed by atoms with Crippen LogP contribution in [0.3, 0.4) is 0 Å². The van der Waals surface area contributed by atoms with Gasteiger partial charge in [0, 0.05) is 26.1 Å². The first-order valence-corrected chi connectivity index (χ1v) is 13.2. The number of nitrogens with zero attached hydrogens (tertiary/aromatic N) is 2. The average Bonchev–Trinajstić information content (AvgIpc) is 3.31. The van der Waals surface area contributed by atoms with E-state index in [1.54, 1.807) is 4.90 Å². The molecule has 3 aromatic rings. The summed E-state index contributed by atoms with van der Waals surface area (Å²) in [6, 6.07) is 24.4. The van der Waals surface area contributed by atoms with Crippen LogP contribution in [0.1, 0.15) is 29.0 Å². The Kier molecular flexibility index (Phi) is 8.22.